The molecule has 0 saturated heterocycles. The van der Waals surface area contributed by atoms with E-state index >= 15 is 0 Å². The summed E-state index contributed by atoms with van der Waals surface area (Å²) in [6.07, 6.45) is 0.631. The average molecular weight is 297 g/mol. The molecule has 0 amide bonds. The van der Waals surface area contributed by atoms with E-state index in [0.717, 1.165) is 12.0 Å². The highest BCUT2D eigenvalue weighted by molar-refractivity contribution is 6.27. The van der Waals surface area contributed by atoms with Crippen LogP contribution in [0.2, 0.25) is 0 Å². The van der Waals surface area contributed by atoms with E-state index in [0.29, 0.717) is 6.54 Å². The van der Waals surface area contributed by atoms with Crippen molar-refractivity contribution in [2.24, 2.45) is 0 Å². The molecule has 118 valence electrons. The summed E-state index contributed by atoms with van der Waals surface area (Å²) in [6, 6.07) is 9.75. The monoisotopic (exact) mass is 297 g/mol. The van der Waals surface area contributed by atoms with Crippen molar-refractivity contribution < 1.29 is 24.9 Å². The van der Waals surface area contributed by atoms with Gasteiger partial charge < -0.3 is 20.6 Å². The summed E-state index contributed by atoms with van der Waals surface area (Å²) in [6.45, 7) is 7.03. The number of benzene rings is 1. The third-order valence-corrected chi connectivity index (χ3v) is 3.03. The smallest absolute Gasteiger partial charge is 0.414 e. The SMILES string of the molecule is CCC(C)(C)NCC(O)c1ccccc1.O=C(O)C(=O)O. The van der Waals surface area contributed by atoms with Gasteiger partial charge in [-0.3, -0.25) is 0 Å². The minimum Gasteiger partial charge on any atom is -0.473 e. The number of carboxylic acid groups (broad SMARTS) is 2. The summed E-state index contributed by atoms with van der Waals surface area (Å²) < 4.78 is 0. The van der Waals surface area contributed by atoms with Gasteiger partial charge in [-0.15, -0.1) is 0 Å². The first kappa shape index (κ1) is 19.1. The second kappa shape index (κ2) is 9.10. The average Bonchev–Trinajstić information content (AvgIpc) is 2.46. The number of aliphatic hydroxyl groups is 1. The van der Waals surface area contributed by atoms with Crippen LogP contribution in [0.1, 0.15) is 38.9 Å². The molecule has 21 heavy (non-hydrogen) atoms. The Morgan fingerprint density at radius 2 is 1.62 bits per heavy atom. The molecule has 1 atom stereocenters. The zero-order chi connectivity index (χ0) is 16.5. The van der Waals surface area contributed by atoms with Gasteiger partial charge in [0.25, 0.3) is 0 Å². The van der Waals surface area contributed by atoms with Gasteiger partial charge in [-0.25, -0.2) is 9.59 Å². The summed E-state index contributed by atoms with van der Waals surface area (Å²) in [5, 5.41) is 28.1. The molecule has 0 aliphatic carbocycles. The van der Waals surface area contributed by atoms with E-state index in [1.54, 1.807) is 0 Å². The maximum Gasteiger partial charge on any atom is 0.414 e. The third-order valence-electron chi connectivity index (χ3n) is 3.03. The molecular weight excluding hydrogens is 274 g/mol. The van der Waals surface area contributed by atoms with E-state index in [-0.39, 0.29) is 5.54 Å². The molecule has 6 nitrogen and oxygen atoms in total. The van der Waals surface area contributed by atoms with Gasteiger partial charge in [0, 0.05) is 12.1 Å². The maximum absolute atomic E-state index is 9.92. The van der Waals surface area contributed by atoms with Gasteiger partial charge in [0.15, 0.2) is 0 Å². The summed E-state index contributed by atoms with van der Waals surface area (Å²) in [4.78, 5) is 18.2. The molecule has 0 aromatic heterocycles. The molecule has 0 aliphatic heterocycles. The van der Waals surface area contributed by atoms with Crippen molar-refractivity contribution in [3.05, 3.63) is 35.9 Å². The van der Waals surface area contributed by atoms with Crippen molar-refractivity contribution >= 4 is 11.9 Å². The Hall–Kier alpha value is -1.92. The first-order chi connectivity index (χ1) is 9.69. The first-order valence-corrected chi connectivity index (χ1v) is 6.64. The highest BCUT2D eigenvalue weighted by Gasteiger charge is 2.16. The van der Waals surface area contributed by atoms with Gasteiger partial charge in [-0.2, -0.15) is 0 Å². The Morgan fingerprint density at radius 1 is 1.14 bits per heavy atom. The van der Waals surface area contributed by atoms with E-state index in [4.69, 9.17) is 19.8 Å². The van der Waals surface area contributed by atoms with Crippen LogP contribution in [-0.4, -0.2) is 39.3 Å². The lowest BCUT2D eigenvalue weighted by molar-refractivity contribution is -0.159. The molecule has 0 radical (unpaired) electrons. The summed E-state index contributed by atoms with van der Waals surface area (Å²) in [5.74, 6) is -3.65. The lowest BCUT2D eigenvalue weighted by Gasteiger charge is -2.26. The largest absolute Gasteiger partial charge is 0.473 e. The Balaban J connectivity index is 0.000000567. The van der Waals surface area contributed by atoms with Crippen LogP contribution < -0.4 is 5.32 Å². The number of hydrogen-bond donors (Lipinski definition) is 4. The zero-order valence-corrected chi connectivity index (χ0v) is 12.5. The number of nitrogens with one attached hydrogen (secondary N) is 1. The van der Waals surface area contributed by atoms with Crippen molar-refractivity contribution in [3.63, 3.8) is 0 Å². The fraction of sp³-hybridized carbons (Fsp3) is 0.467. The molecule has 0 saturated carbocycles. The van der Waals surface area contributed by atoms with E-state index in [1.165, 1.54) is 0 Å². The molecule has 1 aromatic carbocycles. The Labute approximate surface area is 124 Å². The van der Waals surface area contributed by atoms with E-state index < -0.39 is 18.0 Å². The van der Waals surface area contributed by atoms with Crippen LogP contribution in [0.4, 0.5) is 0 Å². The van der Waals surface area contributed by atoms with Gasteiger partial charge >= 0.3 is 11.9 Å². The van der Waals surface area contributed by atoms with Crippen molar-refractivity contribution in [1.82, 2.24) is 5.32 Å². The number of β-amino-alcohol motifs (C(OH)–C–C–N with tert-alkyl or cyclic N) is 1. The molecule has 1 rings (SSSR count). The van der Waals surface area contributed by atoms with Crippen molar-refractivity contribution in [3.8, 4) is 0 Å². The molecule has 1 aromatic rings. The molecule has 0 aliphatic rings. The molecule has 6 heteroatoms. The van der Waals surface area contributed by atoms with E-state index in [9.17, 15) is 5.11 Å². The standard InChI is InChI=1S/C13H21NO.C2H2O4/c1-4-13(2,3)14-10-12(15)11-8-6-5-7-9-11;3-1(4)2(5)6/h5-9,12,14-15H,4,10H2,1-3H3;(H,3,4)(H,5,6). The predicted octanol–water partition coefficient (Wildman–Crippen LogP) is 1.65. The van der Waals surface area contributed by atoms with Crippen molar-refractivity contribution in [2.45, 2.75) is 38.8 Å². The normalized spacial score (nSPS) is 12.0. The Bertz CT molecular complexity index is 433. The van der Waals surface area contributed by atoms with Gasteiger partial charge in [-0.1, -0.05) is 37.3 Å². The van der Waals surface area contributed by atoms with Crippen LogP contribution in [0, 0.1) is 0 Å². The van der Waals surface area contributed by atoms with Crippen LogP contribution in [-0.2, 0) is 9.59 Å². The fourth-order valence-electron chi connectivity index (χ4n) is 1.29. The van der Waals surface area contributed by atoms with Gasteiger partial charge in [0.2, 0.25) is 0 Å². The van der Waals surface area contributed by atoms with Crippen LogP contribution in [0.5, 0.6) is 0 Å². The third kappa shape index (κ3) is 8.78. The number of hydrogen-bond acceptors (Lipinski definition) is 4. The first-order valence-electron chi connectivity index (χ1n) is 6.64. The maximum atomic E-state index is 9.92. The predicted molar refractivity (Wildman–Crippen MR) is 79.0 cm³/mol. The highest BCUT2D eigenvalue weighted by atomic mass is 16.4. The quantitative estimate of drug-likeness (QED) is 0.616. The van der Waals surface area contributed by atoms with Crippen molar-refractivity contribution in [2.75, 3.05) is 6.54 Å². The fourth-order valence-corrected chi connectivity index (χ4v) is 1.29. The van der Waals surface area contributed by atoms with E-state index in [2.05, 4.69) is 26.1 Å². The summed E-state index contributed by atoms with van der Waals surface area (Å²) >= 11 is 0. The second-order valence-corrected chi connectivity index (χ2v) is 5.16. The molecule has 0 bridgehead atoms. The van der Waals surface area contributed by atoms with Crippen LogP contribution in [0.25, 0.3) is 0 Å². The van der Waals surface area contributed by atoms with Crippen molar-refractivity contribution in [1.29, 1.82) is 0 Å². The molecule has 0 fully saturated rings. The topological polar surface area (TPSA) is 107 Å². The van der Waals surface area contributed by atoms with E-state index in [1.807, 2.05) is 30.3 Å². The van der Waals surface area contributed by atoms with Crippen LogP contribution in [0.15, 0.2) is 30.3 Å². The molecule has 0 heterocycles. The lowest BCUT2D eigenvalue weighted by Crippen LogP contribution is -2.40. The van der Waals surface area contributed by atoms with Crippen LogP contribution in [0.3, 0.4) is 0 Å². The number of carboxylic acids is 2. The molecule has 0 spiro atoms. The minimum atomic E-state index is -1.82. The lowest BCUT2D eigenvalue weighted by atomic mass is 10.0. The summed E-state index contributed by atoms with van der Waals surface area (Å²) in [7, 11) is 0. The van der Waals surface area contributed by atoms with Crippen LogP contribution >= 0.6 is 0 Å². The number of aliphatic hydroxyl groups excluding tert-OH is 1. The number of carbonyl (C=O) groups is 2. The van der Waals surface area contributed by atoms with Gasteiger partial charge in [0.1, 0.15) is 0 Å². The second-order valence-electron chi connectivity index (χ2n) is 5.16. The molecular formula is C15H23NO5. The van der Waals surface area contributed by atoms with Gasteiger partial charge in [0.05, 0.1) is 6.10 Å². The minimum absolute atomic E-state index is 0.0930. The summed E-state index contributed by atoms with van der Waals surface area (Å²) in [5.41, 5.74) is 1.06. The Morgan fingerprint density at radius 3 is 2.00 bits per heavy atom. The Kier molecular flexibility index (Phi) is 8.26. The molecule has 1 unspecified atom stereocenters. The number of rotatable bonds is 5. The molecule has 4 N–H and O–H groups in total. The van der Waals surface area contributed by atoms with Gasteiger partial charge in [-0.05, 0) is 25.8 Å². The zero-order valence-electron chi connectivity index (χ0n) is 12.5. The number of aliphatic carboxylic acids is 2. The highest BCUT2D eigenvalue weighted by Crippen LogP contribution is 2.13.